The van der Waals surface area contributed by atoms with Crippen LogP contribution >= 0.6 is 0 Å². The summed E-state index contributed by atoms with van der Waals surface area (Å²) in [5, 5.41) is 20.5. The summed E-state index contributed by atoms with van der Waals surface area (Å²) in [5.74, 6) is -0.249. The molecule has 7 nitrogen and oxygen atoms in total. The van der Waals surface area contributed by atoms with Gasteiger partial charge >= 0.3 is 0 Å². The van der Waals surface area contributed by atoms with E-state index in [1.54, 1.807) is 24.3 Å². The quantitative estimate of drug-likeness (QED) is 0.414. The molecule has 104 valence electrons. The van der Waals surface area contributed by atoms with E-state index in [-0.39, 0.29) is 19.1 Å². The predicted octanol–water partition coefficient (Wildman–Crippen LogP) is 0.897. The third kappa shape index (κ3) is 5.82. The Morgan fingerprint density at radius 3 is 2.89 bits per heavy atom. The first kappa shape index (κ1) is 14.9. The summed E-state index contributed by atoms with van der Waals surface area (Å²) in [6.07, 6.45) is 1.34. The summed E-state index contributed by atoms with van der Waals surface area (Å²) in [4.78, 5) is 26.1. The molecule has 0 bridgehead atoms. The van der Waals surface area contributed by atoms with Crippen LogP contribution in [0.15, 0.2) is 24.3 Å². The van der Waals surface area contributed by atoms with Gasteiger partial charge in [0.25, 0.3) is 11.0 Å². The van der Waals surface area contributed by atoms with E-state index in [0.29, 0.717) is 30.5 Å². The lowest BCUT2D eigenvalue weighted by atomic mass is 10.1. The number of benzene rings is 1. The van der Waals surface area contributed by atoms with Crippen LogP contribution in [-0.2, 0) is 11.4 Å². The Kier molecular flexibility index (Phi) is 6.31. The number of unbranched alkanes of at least 4 members (excludes halogenated alkanes) is 1. The van der Waals surface area contributed by atoms with Gasteiger partial charge < -0.3 is 15.3 Å². The van der Waals surface area contributed by atoms with E-state index in [2.05, 4.69) is 10.2 Å². The van der Waals surface area contributed by atoms with Gasteiger partial charge in [-0.05, 0) is 30.5 Å². The van der Waals surface area contributed by atoms with Gasteiger partial charge in [-0.15, -0.1) is 10.1 Å². The highest BCUT2D eigenvalue weighted by molar-refractivity contribution is 5.94. The smallest absolute Gasteiger partial charge is 0.294 e. The maximum atomic E-state index is 11.7. The van der Waals surface area contributed by atoms with E-state index in [1.807, 2.05) is 0 Å². The van der Waals surface area contributed by atoms with Gasteiger partial charge in [0, 0.05) is 18.7 Å². The van der Waals surface area contributed by atoms with E-state index in [4.69, 9.17) is 5.11 Å². The number of carbonyl (C=O) groups excluding carboxylic acids is 1. The molecule has 0 aliphatic carbocycles. The van der Waals surface area contributed by atoms with Gasteiger partial charge in [0.1, 0.15) is 6.61 Å². The fraction of sp³-hybridized carbons (Fsp3) is 0.417. The highest BCUT2D eigenvalue weighted by Gasteiger charge is 2.06. The van der Waals surface area contributed by atoms with Crippen LogP contribution in [0.2, 0.25) is 0 Å². The molecule has 1 rings (SSSR count). The zero-order valence-electron chi connectivity index (χ0n) is 10.4. The Labute approximate surface area is 110 Å². The first-order valence-corrected chi connectivity index (χ1v) is 5.89. The van der Waals surface area contributed by atoms with Crippen LogP contribution in [0.4, 0.5) is 0 Å². The van der Waals surface area contributed by atoms with Crippen molar-refractivity contribution in [2.45, 2.75) is 19.4 Å². The minimum atomic E-state index is -0.873. The predicted molar refractivity (Wildman–Crippen MR) is 66.9 cm³/mol. The van der Waals surface area contributed by atoms with Crippen molar-refractivity contribution in [2.24, 2.45) is 0 Å². The van der Waals surface area contributed by atoms with E-state index in [1.165, 1.54) is 0 Å². The normalized spacial score (nSPS) is 9.95. The number of aliphatic hydroxyl groups excluding tert-OH is 1. The maximum absolute atomic E-state index is 11.7. The van der Waals surface area contributed by atoms with Crippen LogP contribution in [0.5, 0.6) is 0 Å². The summed E-state index contributed by atoms with van der Waals surface area (Å²) in [5.41, 5.74) is 0.980. The first-order chi connectivity index (χ1) is 9.13. The monoisotopic (exact) mass is 268 g/mol. The van der Waals surface area contributed by atoms with Crippen molar-refractivity contribution in [3.05, 3.63) is 45.5 Å². The fourth-order valence-corrected chi connectivity index (χ4v) is 1.47. The summed E-state index contributed by atoms with van der Waals surface area (Å²) < 4.78 is 0. The lowest BCUT2D eigenvalue weighted by molar-refractivity contribution is -0.763. The highest BCUT2D eigenvalue weighted by Crippen LogP contribution is 2.07. The van der Waals surface area contributed by atoms with Crippen LogP contribution in [0.25, 0.3) is 0 Å². The number of nitrogens with zero attached hydrogens (tertiary/aromatic N) is 1. The molecule has 1 amide bonds. The Bertz CT molecular complexity index is 436. The molecule has 0 aromatic heterocycles. The molecule has 2 N–H and O–H groups in total. The van der Waals surface area contributed by atoms with E-state index in [9.17, 15) is 14.9 Å². The summed E-state index contributed by atoms with van der Waals surface area (Å²) in [7, 11) is 0. The molecule has 0 saturated carbocycles. The van der Waals surface area contributed by atoms with Crippen molar-refractivity contribution in [2.75, 3.05) is 13.2 Å². The molecular formula is C12H16N2O5. The molecule has 0 fully saturated rings. The van der Waals surface area contributed by atoms with Gasteiger partial charge in [-0.1, -0.05) is 12.1 Å². The van der Waals surface area contributed by atoms with Crippen LogP contribution in [0.3, 0.4) is 0 Å². The number of hydrogen-bond acceptors (Lipinski definition) is 5. The summed E-state index contributed by atoms with van der Waals surface area (Å²) in [6.45, 7) is 0.400. The van der Waals surface area contributed by atoms with Gasteiger partial charge in [0.2, 0.25) is 0 Å². The Morgan fingerprint density at radius 1 is 1.42 bits per heavy atom. The Hall–Kier alpha value is -2.15. The molecule has 0 atom stereocenters. The molecule has 0 spiro atoms. The number of amides is 1. The van der Waals surface area contributed by atoms with E-state index >= 15 is 0 Å². The maximum Gasteiger partial charge on any atom is 0.294 e. The molecule has 19 heavy (non-hydrogen) atoms. The fourth-order valence-electron chi connectivity index (χ4n) is 1.47. The second-order valence-electron chi connectivity index (χ2n) is 3.88. The molecule has 0 aliphatic heterocycles. The zero-order chi connectivity index (χ0) is 14.1. The van der Waals surface area contributed by atoms with Crippen molar-refractivity contribution in [3.63, 3.8) is 0 Å². The molecule has 0 radical (unpaired) electrons. The van der Waals surface area contributed by atoms with Gasteiger partial charge in [0.05, 0.1) is 0 Å². The average Bonchev–Trinajstić information content (AvgIpc) is 2.41. The SMILES string of the molecule is O=C(NCCCCO)c1cccc(CO[N+](=O)[O-])c1. The van der Waals surface area contributed by atoms with E-state index in [0.717, 1.165) is 0 Å². The number of rotatable bonds is 8. The molecule has 0 saturated heterocycles. The van der Waals surface area contributed by atoms with Gasteiger partial charge in [-0.25, -0.2) is 0 Å². The average molecular weight is 268 g/mol. The van der Waals surface area contributed by atoms with E-state index < -0.39 is 5.09 Å². The van der Waals surface area contributed by atoms with Gasteiger partial charge in [-0.3, -0.25) is 4.79 Å². The number of aliphatic hydroxyl groups is 1. The van der Waals surface area contributed by atoms with Gasteiger partial charge in [0.15, 0.2) is 0 Å². The standard InChI is InChI=1S/C12H16N2O5/c15-7-2-1-6-13-12(16)11-5-3-4-10(8-11)9-19-14(17)18/h3-5,8,15H,1-2,6-7,9H2,(H,13,16). The third-order valence-electron chi connectivity index (χ3n) is 2.40. The third-order valence-corrected chi connectivity index (χ3v) is 2.40. The van der Waals surface area contributed by atoms with Crippen LogP contribution in [-0.4, -0.2) is 29.3 Å². The zero-order valence-corrected chi connectivity index (χ0v) is 10.4. The van der Waals surface area contributed by atoms with Crippen LogP contribution in [0.1, 0.15) is 28.8 Å². The number of carbonyl (C=O) groups is 1. The van der Waals surface area contributed by atoms with Crippen molar-refractivity contribution in [3.8, 4) is 0 Å². The Morgan fingerprint density at radius 2 is 2.21 bits per heavy atom. The molecule has 1 aromatic rings. The molecule has 1 aromatic carbocycles. The van der Waals surface area contributed by atoms with Gasteiger partial charge in [-0.2, -0.15) is 0 Å². The second kappa shape index (κ2) is 8.04. The minimum absolute atomic E-state index is 0.101. The van der Waals surface area contributed by atoms with Crippen LogP contribution in [0, 0.1) is 10.1 Å². The molecule has 7 heteroatoms. The molecular weight excluding hydrogens is 252 g/mol. The lowest BCUT2D eigenvalue weighted by Gasteiger charge is -2.06. The lowest BCUT2D eigenvalue weighted by Crippen LogP contribution is -2.24. The molecule has 0 unspecified atom stereocenters. The summed E-state index contributed by atoms with van der Waals surface area (Å²) >= 11 is 0. The summed E-state index contributed by atoms with van der Waals surface area (Å²) in [6, 6.07) is 6.45. The number of nitrogens with one attached hydrogen (secondary N) is 1. The van der Waals surface area contributed by atoms with Crippen molar-refractivity contribution < 1.29 is 19.8 Å². The molecule has 0 heterocycles. The largest absolute Gasteiger partial charge is 0.396 e. The minimum Gasteiger partial charge on any atom is -0.396 e. The number of hydrogen-bond donors (Lipinski definition) is 2. The van der Waals surface area contributed by atoms with Crippen molar-refractivity contribution in [1.29, 1.82) is 0 Å². The Balaban J connectivity index is 2.50. The second-order valence-corrected chi connectivity index (χ2v) is 3.88. The first-order valence-electron chi connectivity index (χ1n) is 5.89. The van der Waals surface area contributed by atoms with Crippen LogP contribution < -0.4 is 5.32 Å². The topological polar surface area (TPSA) is 102 Å². The molecule has 0 aliphatic rings. The van der Waals surface area contributed by atoms with Crippen molar-refractivity contribution >= 4 is 5.91 Å². The highest BCUT2D eigenvalue weighted by atomic mass is 16.9. The van der Waals surface area contributed by atoms with Crippen molar-refractivity contribution in [1.82, 2.24) is 5.32 Å².